The van der Waals surface area contributed by atoms with E-state index >= 15 is 0 Å². The Labute approximate surface area is 102 Å². The highest BCUT2D eigenvalue weighted by molar-refractivity contribution is 5.70. The minimum Gasteiger partial charge on any atom is -0.481 e. The lowest BCUT2D eigenvalue weighted by Crippen LogP contribution is -2.39. The molecule has 0 radical (unpaired) electrons. The largest absolute Gasteiger partial charge is 0.481 e. The molecule has 0 aliphatic carbocycles. The smallest absolute Gasteiger partial charge is 0.307 e. The minimum absolute atomic E-state index is 0.204. The molecule has 2 N–H and O–H groups in total. The third-order valence-corrected chi connectivity index (χ3v) is 3.47. The Morgan fingerprint density at radius 2 is 2.06 bits per heavy atom. The molecule has 0 spiro atoms. The second-order valence-electron chi connectivity index (χ2n) is 4.82. The quantitative estimate of drug-likeness (QED) is 0.835. The van der Waals surface area contributed by atoms with Gasteiger partial charge in [0.2, 0.25) is 0 Å². The van der Waals surface area contributed by atoms with Crippen LogP contribution >= 0.6 is 0 Å². The van der Waals surface area contributed by atoms with Crippen LogP contribution < -0.4 is 5.32 Å². The molecular formula is C14H19NO2. The molecule has 1 aliphatic rings. The van der Waals surface area contributed by atoms with Crippen LogP contribution in [0.15, 0.2) is 30.3 Å². The van der Waals surface area contributed by atoms with Crippen LogP contribution in [0, 0.1) is 11.8 Å². The zero-order chi connectivity index (χ0) is 12.1. The highest BCUT2D eigenvalue weighted by atomic mass is 16.4. The first kappa shape index (κ1) is 12.1. The van der Waals surface area contributed by atoms with E-state index in [1.807, 2.05) is 6.07 Å². The van der Waals surface area contributed by atoms with Gasteiger partial charge in [-0.15, -0.1) is 0 Å². The number of rotatable bonds is 4. The molecule has 0 amide bonds. The maximum atomic E-state index is 10.9. The predicted molar refractivity (Wildman–Crippen MR) is 66.9 cm³/mol. The highest BCUT2D eigenvalue weighted by Crippen LogP contribution is 2.21. The van der Waals surface area contributed by atoms with Gasteiger partial charge in [-0.1, -0.05) is 30.3 Å². The van der Waals surface area contributed by atoms with Crippen molar-refractivity contribution in [3.63, 3.8) is 0 Å². The summed E-state index contributed by atoms with van der Waals surface area (Å²) in [5.74, 6) is -0.378. The lowest BCUT2D eigenvalue weighted by molar-refractivity contribution is -0.142. The van der Waals surface area contributed by atoms with Crippen molar-refractivity contribution in [2.24, 2.45) is 11.8 Å². The standard InChI is InChI=1S/C14H19NO2/c16-14(17)13-8-12(9-15-10-13)7-6-11-4-2-1-3-5-11/h1-5,12-13,15H,6-10H2,(H,16,17). The molecule has 0 saturated carbocycles. The van der Waals surface area contributed by atoms with Crippen LogP contribution in [0.1, 0.15) is 18.4 Å². The normalized spacial score (nSPS) is 24.5. The summed E-state index contributed by atoms with van der Waals surface area (Å²) in [5, 5.41) is 12.2. The van der Waals surface area contributed by atoms with Gasteiger partial charge in [0.1, 0.15) is 0 Å². The fourth-order valence-corrected chi connectivity index (χ4v) is 2.45. The van der Waals surface area contributed by atoms with Gasteiger partial charge in [-0.3, -0.25) is 4.79 Å². The summed E-state index contributed by atoms with van der Waals surface area (Å²) >= 11 is 0. The van der Waals surface area contributed by atoms with Gasteiger partial charge in [0.05, 0.1) is 5.92 Å². The molecule has 17 heavy (non-hydrogen) atoms. The Kier molecular flexibility index (Phi) is 4.15. The molecule has 0 aromatic heterocycles. The summed E-state index contributed by atoms with van der Waals surface area (Å²) in [4.78, 5) is 10.9. The second kappa shape index (κ2) is 5.82. The molecule has 3 nitrogen and oxygen atoms in total. The van der Waals surface area contributed by atoms with Crippen LogP contribution in [0.2, 0.25) is 0 Å². The summed E-state index contributed by atoms with van der Waals surface area (Å²) in [6.07, 6.45) is 2.93. The lowest BCUT2D eigenvalue weighted by Gasteiger charge is -2.27. The van der Waals surface area contributed by atoms with E-state index in [4.69, 9.17) is 5.11 Å². The summed E-state index contributed by atoms with van der Waals surface area (Å²) in [5.41, 5.74) is 1.34. The summed E-state index contributed by atoms with van der Waals surface area (Å²) in [7, 11) is 0. The monoisotopic (exact) mass is 233 g/mol. The van der Waals surface area contributed by atoms with E-state index in [-0.39, 0.29) is 5.92 Å². The summed E-state index contributed by atoms with van der Waals surface area (Å²) in [6.45, 7) is 1.58. The third-order valence-electron chi connectivity index (χ3n) is 3.47. The number of piperidine rings is 1. The number of nitrogens with one attached hydrogen (secondary N) is 1. The Morgan fingerprint density at radius 1 is 1.29 bits per heavy atom. The maximum absolute atomic E-state index is 10.9. The van der Waals surface area contributed by atoms with Gasteiger partial charge in [0, 0.05) is 6.54 Å². The first-order chi connectivity index (χ1) is 8.25. The van der Waals surface area contributed by atoms with Crippen molar-refractivity contribution in [2.45, 2.75) is 19.3 Å². The third kappa shape index (κ3) is 3.56. The molecule has 0 bridgehead atoms. The van der Waals surface area contributed by atoms with E-state index in [1.54, 1.807) is 0 Å². The number of carbonyl (C=O) groups is 1. The van der Waals surface area contributed by atoms with Gasteiger partial charge in [-0.2, -0.15) is 0 Å². The SMILES string of the molecule is O=C(O)C1CNCC(CCc2ccccc2)C1. The van der Waals surface area contributed by atoms with E-state index in [2.05, 4.69) is 29.6 Å². The molecular weight excluding hydrogens is 214 g/mol. The van der Waals surface area contributed by atoms with Gasteiger partial charge < -0.3 is 10.4 Å². The topological polar surface area (TPSA) is 49.3 Å². The number of hydrogen-bond donors (Lipinski definition) is 2. The number of aliphatic carboxylic acids is 1. The predicted octanol–water partition coefficient (Wildman–Crippen LogP) is 1.93. The summed E-state index contributed by atoms with van der Waals surface area (Å²) < 4.78 is 0. The second-order valence-corrected chi connectivity index (χ2v) is 4.82. The van der Waals surface area contributed by atoms with Gasteiger partial charge in [-0.25, -0.2) is 0 Å². The molecule has 1 fully saturated rings. The first-order valence-electron chi connectivity index (χ1n) is 6.23. The minimum atomic E-state index is -0.665. The van der Waals surface area contributed by atoms with Crippen molar-refractivity contribution in [3.8, 4) is 0 Å². The molecule has 1 aromatic carbocycles. The molecule has 92 valence electrons. The average Bonchev–Trinajstić information content (AvgIpc) is 2.38. The van der Waals surface area contributed by atoms with Crippen LogP contribution in [-0.2, 0) is 11.2 Å². The van der Waals surface area contributed by atoms with Crippen molar-refractivity contribution in [2.75, 3.05) is 13.1 Å². The van der Waals surface area contributed by atoms with E-state index in [0.717, 1.165) is 25.8 Å². The van der Waals surface area contributed by atoms with E-state index in [1.165, 1.54) is 5.56 Å². The van der Waals surface area contributed by atoms with Crippen LogP contribution in [-0.4, -0.2) is 24.2 Å². The van der Waals surface area contributed by atoms with Gasteiger partial charge >= 0.3 is 5.97 Å². The Bertz CT molecular complexity index is 364. The van der Waals surface area contributed by atoms with Crippen molar-refractivity contribution in [1.29, 1.82) is 0 Å². The van der Waals surface area contributed by atoms with Crippen LogP contribution in [0.5, 0.6) is 0 Å². The average molecular weight is 233 g/mol. The van der Waals surface area contributed by atoms with Crippen LogP contribution in [0.4, 0.5) is 0 Å². The van der Waals surface area contributed by atoms with Crippen LogP contribution in [0.3, 0.4) is 0 Å². The molecule has 1 saturated heterocycles. The van der Waals surface area contributed by atoms with Crippen molar-refractivity contribution in [3.05, 3.63) is 35.9 Å². The molecule has 2 unspecified atom stereocenters. The van der Waals surface area contributed by atoms with Gasteiger partial charge in [0.25, 0.3) is 0 Å². The van der Waals surface area contributed by atoms with Crippen molar-refractivity contribution >= 4 is 5.97 Å². The fourth-order valence-electron chi connectivity index (χ4n) is 2.45. The number of benzene rings is 1. The van der Waals surface area contributed by atoms with Gasteiger partial charge in [0.15, 0.2) is 0 Å². The fraction of sp³-hybridized carbons (Fsp3) is 0.500. The first-order valence-corrected chi connectivity index (χ1v) is 6.23. The molecule has 2 rings (SSSR count). The lowest BCUT2D eigenvalue weighted by atomic mass is 9.86. The number of hydrogen-bond acceptors (Lipinski definition) is 2. The Balaban J connectivity index is 1.81. The zero-order valence-corrected chi connectivity index (χ0v) is 9.93. The van der Waals surface area contributed by atoms with E-state index in [9.17, 15) is 4.79 Å². The number of aryl methyl sites for hydroxylation is 1. The Morgan fingerprint density at radius 3 is 2.76 bits per heavy atom. The molecule has 1 aromatic rings. The van der Waals surface area contributed by atoms with Crippen molar-refractivity contribution in [1.82, 2.24) is 5.32 Å². The highest BCUT2D eigenvalue weighted by Gasteiger charge is 2.26. The molecule has 1 aliphatic heterocycles. The summed E-state index contributed by atoms with van der Waals surface area (Å²) in [6, 6.07) is 10.4. The van der Waals surface area contributed by atoms with E-state index < -0.39 is 5.97 Å². The number of carboxylic acid groups (broad SMARTS) is 1. The number of carboxylic acids is 1. The molecule has 1 heterocycles. The zero-order valence-electron chi connectivity index (χ0n) is 9.93. The Hall–Kier alpha value is -1.35. The van der Waals surface area contributed by atoms with Crippen LogP contribution in [0.25, 0.3) is 0 Å². The van der Waals surface area contributed by atoms with Gasteiger partial charge in [-0.05, 0) is 37.3 Å². The molecule has 3 heteroatoms. The molecule has 2 atom stereocenters. The maximum Gasteiger partial charge on any atom is 0.307 e. The van der Waals surface area contributed by atoms with Crippen molar-refractivity contribution < 1.29 is 9.90 Å². The van der Waals surface area contributed by atoms with E-state index in [0.29, 0.717) is 12.5 Å².